The first-order chi connectivity index (χ1) is 17.4. The Labute approximate surface area is 215 Å². The molecule has 2 aromatic carbocycles. The van der Waals surface area contributed by atoms with E-state index in [1.165, 1.54) is 0 Å². The predicted octanol–water partition coefficient (Wildman–Crippen LogP) is 7.25. The summed E-state index contributed by atoms with van der Waals surface area (Å²) >= 11 is 0. The topological polar surface area (TPSA) is 70.8 Å². The molecular formula is C30H39NO5. The van der Waals surface area contributed by atoms with Crippen molar-refractivity contribution >= 4 is 5.97 Å². The molecule has 0 saturated carbocycles. The summed E-state index contributed by atoms with van der Waals surface area (Å²) in [7, 11) is 1.58. The van der Waals surface area contributed by atoms with E-state index in [-0.39, 0.29) is 24.6 Å². The van der Waals surface area contributed by atoms with Crippen molar-refractivity contribution in [2.45, 2.75) is 71.5 Å². The summed E-state index contributed by atoms with van der Waals surface area (Å²) in [5, 5.41) is 0. The van der Waals surface area contributed by atoms with Crippen molar-refractivity contribution in [1.29, 1.82) is 0 Å². The van der Waals surface area contributed by atoms with Crippen molar-refractivity contribution in [1.82, 2.24) is 4.98 Å². The fraction of sp³-hybridized carbons (Fsp3) is 0.467. The van der Waals surface area contributed by atoms with Gasteiger partial charge in [-0.3, -0.25) is 4.79 Å². The smallest absolute Gasteiger partial charge is 0.306 e. The highest BCUT2D eigenvalue weighted by Gasteiger charge is 2.36. The number of esters is 1. The summed E-state index contributed by atoms with van der Waals surface area (Å²) in [5.41, 5.74) is 2.69. The van der Waals surface area contributed by atoms with Gasteiger partial charge in [-0.1, -0.05) is 94.3 Å². The summed E-state index contributed by atoms with van der Waals surface area (Å²) in [5.74, 6) is 0.932. The molecule has 6 heteroatoms. The van der Waals surface area contributed by atoms with Crippen LogP contribution >= 0.6 is 0 Å². The van der Waals surface area contributed by atoms with Crippen LogP contribution in [0.2, 0.25) is 0 Å². The molecule has 3 aromatic rings. The Morgan fingerprint density at radius 1 is 0.972 bits per heavy atom. The molecule has 0 aliphatic carbocycles. The fourth-order valence-electron chi connectivity index (χ4n) is 4.23. The molecule has 36 heavy (non-hydrogen) atoms. The van der Waals surface area contributed by atoms with Crippen LogP contribution in [0.25, 0.3) is 22.6 Å². The Morgan fingerprint density at radius 3 is 2.19 bits per heavy atom. The van der Waals surface area contributed by atoms with E-state index in [9.17, 15) is 4.79 Å². The summed E-state index contributed by atoms with van der Waals surface area (Å²) in [6.45, 7) is 8.16. The van der Waals surface area contributed by atoms with Gasteiger partial charge in [-0.05, 0) is 19.3 Å². The lowest BCUT2D eigenvalue weighted by molar-refractivity contribution is -0.168. The lowest BCUT2D eigenvalue weighted by Crippen LogP contribution is -2.37. The third-order valence-corrected chi connectivity index (χ3v) is 6.06. The SMILES string of the molecule is CCCCC(c1nc(-c2ccccc2)c(-c2ccccc2)o1)[C@@H](OC(=O)CC(C)C)[C@H](C)OCOC. The molecule has 0 radical (unpaired) electrons. The highest BCUT2D eigenvalue weighted by molar-refractivity contribution is 5.76. The van der Waals surface area contributed by atoms with Crippen LogP contribution in [-0.2, 0) is 19.0 Å². The lowest BCUT2D eigenvalue weighted by Gasteiger charge is -2.30. The second kappa shape index (κ2) is 14.0. The highest BCUT2D eigenvalue weighted by atomic mass is 16.7. The van der Waals surface area contributed by atoms with Gasteiger partial charge in [0.1, 0.15) is 18.6 Å². The van der Waals surface area contributed by atoms with Crippen molar-refractivity contribution < 1.29 is 23.4 Å². The van der Waals surface area contributed by atoms with Crippen molar-refractivity contribution in [2.75, 3.05) is 13.9 Å². The number of hydrogen-bond acceptors (Lipinski definition) is 6. The van der Waals surface area contributed by atoms with Crippen molar-refractivity contribution in [3.8, 4) is 22.6 Å². The number of rotatable bonds is 14. The molecule has 0 aliphatic heterocycles. The van der Waals surface area contributed by atoms with Gasteiger partial charge in [-0.2, -0.15) is 0 Å². The Morgan fingerprint density at radius 2 is 1.61 bits per heavy atom. The summed E-state index contributed by atoms with van der Waals surface area (Å²) in [6, 6.07) is 20.0. The molecule has 6 nitrogen and oxygen atoms in total. The molecule has 3 atom stereocenters. The standard InChI is InChI=1S/C30H39NO5/c1-6-7-18-25(28(22(4)34-20-33-5)35-26(32)19-21(2)3)30-31-27(23-14-10-8-11-15-23)29(36-30)24-16-12-9-13-17-24/h8-17,21-22,25,28H,6-7,18-20H2,1-5H3/t22-,25?,28-/m0/s1. The average molecular weight is 494 g/mol. The van der Waals surface area contributed by atoms with E-state index in [0.29, 0.717) is 18.1 Å². The largest absolute Gasteiger partial charge is 0.459 e. The number of oxazole rings is 1. The normalized spacial score (nSPS) is 13.9. The number of unbranched alkanes of at least 4 members (excludes halogenated alkanes) is 1. The summed E-state index contributed by atoms with van der Waals surface area (Å²) in [6.07, 6.45) is 2.04. The van der Waals surface area contributed by atoms with Crippen molar-refractivity contribution in [2.24, 2.45) is 5.92 Å². The maximum Gasteiger partial charge on any atom is 0.306 e. The molecule has 0 saturated heterocycles. The second-order valence-corrected chi connectivity index (χ2v) is 9.54. The minimum atomic E-state index is -0.566. The molecule has 3 rings (SSSR count). The van der Waals surface area contributed by atoms with Gasteiger partial charge in [-0.25, -0.2) is 4.98 Å². The minimum Gasteiger partial charge on any atom is -0.459 e. The Hall–Kier alpha value is -2.96. The number of carbonyl (C=O) groups excluding carboxylic acids is 1. The van der Waals surface area contributed by atoms with E-state index in [4.69, 9.17) is 23.6 Å². The first kappa shape index (κ1) is 27.6. The van der Waals surface area contributed by atoms with Crippen LogP contribution in [0.1, 0.15) is 65.2 Å². The lowest BCUT2D eigenvalue weighted by atomic mass is 9.92. The van der Waals surface area contributed by atoms with E-state index in [0.717, 1.165) is 36.1 Å². The van der Waals surface area contributed by atoms with Crippen LogP contribution in [0, 0.1) is 5.92 Å². The molecule has 0 amide bonds. The second-order valence-electron chi connectivity index (χ2n) is 9.54. The first-order valence-corrected chi connectivity index (χ1v) is 12.9. The van der Waals surface area contributed by atoms with Crippen LogP contribution in [0.3, 0.4) is 0 Å². The Balaban J connectivity index is 2.08. The molecule has 0 fully saturated rings. The molecule has 0 spiro atoms. The Bertz CT molecular complexity index is 991. The molecule has 1 aromatic heterocycles. The average Bonchev–Trinajstić information content (AvgIpc) is 3.32. The molecule has 1 heterocycles. The molecule has 0 aliphatic rings. The van der Waals surface area contributed by atoms with E-state index in [2.05, 4.69) is 6.92 Å². The summed E-state index contributed by atoms with van der Waals surface area (Å²) in [4.78, 5) is 17.8. The van der Waals surface area contributed by atoms with Gasteiger partial charge in [0.05, 0.1) is 12.0 Å². The van der Waals surface area contributed by atoms with Gasteiger partial charge in [0.15, 0.2) is 5.76 Å². The number of benzene rings is 2. The first-order valence-electron chi connectivity index (χ1n) is 12.9. The van der Waals surface area contributed by atoms with Gasteiger partial charge in [0.25, 0.3) is 0 Å². The van der Waals surface area contributed by atoms with Gasteiger partial charge in [0.2, 0.25) is 5.89 Å². The van der Waals surface area contributed by atoms with Gasteiger partial charge in [0, 0.05) is 24.7 Å². The van der Waals surface area contributed by atoms with Gasteiger partial charge in [-0.15, -0.1) is 0 Å². The van der Waals surface area contributed by atoms with Gasteiger partial charge >= 0.3 is 5.97 Å². The van der Waals surface area contributed by atoms with Crippen LogP contribution in [0.5, 0.6) is 0 Å². The van der Waals surface area contributed by atoms with E-state index >= 15 is 0 Å². The molecule has 0 bridgehead atoms. The fourth-order valence-corrected chi connectivity index (χ4v) is 4.23. The summed E-state index contributed by atoms with van der Waals surface area (Å²) < 4.78 is 23.6. The van der Waals surface area contributed by atoms with Crippen LogP contribution < -0.4 is 0 Å². The minimum absolute atomic E-state index is 0.107. The van der Waals surface area contributed by atoms with Crippen LogP contribution in [0.15, 0.2) is 65.1 Å². The third kappa shape index (κ3) is 7.52. The van der Waals surface area contributed by atoms with Crippen LogP contribution in [0.4, 0.5) is 0 Å². The number of aromatic nitrogens is 1. The quantitative estimate of drug-likeness (QED) is 0.174. The maximum absolute atomic E-state index is 12.8. The third-order valence-electron chi connectivity index (χ3n) is 6.06. The highest BCUT2D eigenvalue weighted by Crippen LogP contribution is 2.38. The van der Waals surface area contributed by atoms with E-state index in [1.54, 1.807) is 7.11 Å². The number of ether oxygens (including phenoxy) is 3. The van der Waals surface area contributed by atoms with Crippen LogP contribution in [-0.4, -0.2) is 37.1 Å². The number of nitrogens with zero attached hydrogens (tertiary/aromatic N) is 1. The molecule has 1 unspecified atom stereocenters. The molecule has 194 valence electrons. The zero-order chi connectivity index (χ0) is 25.9. The predicted molar refractivity (Wildman–Crippen MR) is 141 cm³/mol. The van der Waals surface area contributed by atoms with Crippen molar-refractivity contribution in [3.63, 3.8) is 0 Å². The van der Waals surface area contributed by atoms with Gasteiger partial charge < -0.3 is 18.6 Å². The Kier molecular flexibility index (Phi) is 10.7. The number of carbonyl (C=O) groups is 1. The van der Waals surface area contributed by atoms with E-state index < -0.39 is 12.2 Å². The number of methoxy groups -OCH3 is 1. The number of hydrogen-bond donors (Lipinski definition) is 0. The maximum atomic E-state index is 12.8. The monoisotopic (exact) mass is 493 g/mol. The van der Waals surface area contributed by atoms with Crippen molar-refractivity contribution in [3.05, 3.63) is 66.6 Å². The zero-order valence-electron chi connectivity index (χ0n) is 22.1. The van der Waals surface area contributed by atoms with E-state index in [1.807, 2.05) is 81.4 Å². The molecule has 0 N–H and O–H groups in total. The molecular weight excluding hydrogens is 454 g/mol. The zero-order valence-corrected chi connectivity index (χ0v) is 22.1.